The van der Waals surface area contributed by atoms with Crippen LogP contribution in [0.5, 0.6) is 0 Å². The average molecular weight is 307 g/mol. The summed E-state index contributed by atoms with van der Waals surface area (Å²) in [4.78, 5) is 0. The van der Waals surface area contributed by atoms with Crippen LogP contribution in [0, 0.1) is 6.92 Å². The van der Waals surface area contributed by atoms with E-state index < -0.39 is 10.0 Å². The molecule has 0 aliphatic carbocycles. The van der Waals surface area contributed by atoms with Crippen molar-refractivity contribution < 1.29 is 8.42 Å². The van der Waals surface area contributed by atoms with Crippen LogP contribution >= 0.6 is 15.9 Å². The van der Waals surface area contributed by atoms with Crippen molar-refractivity contribution in [1.82, 2.24) is 0 Å². The Hall–Kier alpha value is -0.750. The zero-order valence-corrected chi connectivity index (χ0v) is 11.7. The average Bonchev–Trinajstić information content (AvgIpc) is 2.11. The van der Waals surface area contributed by atoms with Gasteiger partial charge in [-0.1, -0.05) is 22.9 Å². The normalized spacial score (nSPS) is 11.4. The van der Waals surface area contributed by atoms with Crippen LogP contribution in [0.2, 0.25) is 0 Å². The molecule has 3 N–H and O–H groups in total. The van der Waals surface area contributed by atoms with E-state index in [-0.39, 0.29) is 5.75 Å². The van der Waals surface area contributed by atoms with Gasteiger partial charge in [-0.25, -0.2) is 8.42 Å². The minimum Gasteiger partial charge on any atom is -0.397 e. The first-order valence-corrected chi connectivity index (χ1v) is 7.36. The van der Waals surface area contributed by atoms with Crippen LogP contribution in [0.25, 0.3) is 0 Å². The third-order valence-corrected chi connectivity index (χ3v) is 3.98. The van der Waals surface area contributed by atoms with E-state index in [1.54, 1.807) is 6.07 Å². The summed E-state index contributed by atoms with van der Waals surface area (Å²) >= 11 is 3.30. The standard InChI is InChI=1S/C10H15BrN2O2S/c1-3-4-16(14,15)13-10-7(2)5-8(11)6-9(10)12/h5-6,13H,3-4,12H2,1-2H3. The maximum absolute atomic E-state index is 11.6. The lowest BCUT2D eigenvalue weighted by Crippen LogP contribution is -2.17. The van der Waals surface area contributed by atoms with E-state index in [1.807, 2.05) is 19.9 Å². The van der Waals surface area contributed by atoms with E-state index in [9.17, 15) is 8.42 Å². The maximum Gasteiger partial charge on any atom is 0.232 e. The van der Waals surface area contributed by atoms with Crippen molar-refractivity contribution in [2.75, 3.05) is 16.2 Å². The number of nitrogens with two attached hydrogens (primary N) is 1. The van der Waals surface area contributed by atoms with Gasteiger partial charge in [0.15, 0.2) is 0 Å². The van der Waals surface area contributed by atoms with Gasteiger partial charge in [0.2, 0.25) is 10.0 Å². The molecule has 0 aromatic heterocycles. The molecule has 0 atom stereocenters. The smallest absolute Gasteiger partial charge is 0.232 e. The number of nitrogen functional groups attached to an aromatic ring is 1. The van der Waals surface area contributed by atoms with Crippen LogP contribution in [0.1, 0.15) is 18.9 Å². The second kappa shape index (κ2) is 5.05. The summed E-state index contributed by atoms with van der Waals surface area (Å²) in [5, 5.41) is 0. The SMILES string of the molecule is CCCS(=O)(=O)Nc1c(C)cc(Br)cc1N. The molecule has 0 aliphatic rings. The number of hydrogen-bond donors (Lipinski definition) is 2. The van der Waals surface area contributed by atoms with Crippen LogP contribution in [-0.4, -0.2) is 14.2 Å². The van der Waals surface area contributed by atoms with Crippen LogP contribution in [0.3, 0.4) is 0 Å². The quantitative estimate of drug-likeness (QED) is 0.839. The lowest BCUT2D eigenvalue weighted by Gasteiger charge is -2.13. The highest BCUT2D eigenvalue weighted by atomic mass is 79.9. The molecule has 1 aromatic carbocycles. The molecule has 16 heavy (non-hydrogen) atoms. The number of anilines is 2. The van der Waals surface area contributed by atoms with Gasteiger partial charge < -0.3 is 5.73 Å². The van der Waals surface area contributed by atoms with Crippen molar-refractivity contribution in [2.45, 2.75) is 20.3 Å². The Bertz CT molecular complexity index is 463. The zero-order chi connectivity index (χ0) is 12.3. The molecule has 1 aromatic rings. The third kappa shape index (κ3) is 3.38. The first kappa shape index (κ1) is 13.3. The van der Waals surface area contributed by atoms with E-state index in [4.69, 9.17) is 5.73 Å². The summed E-state index contributed by atoms with van der Waals surface area (Å²) in [7, 11) is -3.29. The van der Waals surface area contributed by atoms with Gasteiger partial charge in [0.25, 0.3) is 0 Å². The van der Waals surface area contributed by atoms with E-state index in [1.165, 1.54) is 0 Å². The lowest BCUT2D eigenvalue weighted by atomic mass is 10.2. The number of sulfonamides is 1. The molecule has 0 amide bonds. The fourth-order valence-corrected chi connectivity index (χ4v) is 3.20. The lowest BCUT2D eigenvalue weighted by molar-refractivity contribution is 0.600. The molecule has 0 aliphatic heterocycles. The molecule has 0 unspecified atom stereocenters. The highest BCUT2D eigenvalue weighted by Crippen LogP contribution is 2.28. The number of hydrogen-bond acceptors (Lipinski definition) is 3. The number of benzene rings is 1. The summed E-state index contributed by atoms with van der Waals surface area (Å²) < 4.78 is 26.6. The van der Waals surface area contributed by atoms with Gasteiger partial charge in [0, 0.05) is 4.47 Å². The van der Waals surface area contributed by atoms with Crippen LogP contribution in [0.15, 0.2) is 16.6 Å². The van der Waals surface area contributed by atoms with Crippen molar-refractivity contribution in [3.63, 3.8) is 0 Å². The molecular weight excluding hydrogens is 292 g/mol. The Morgan fingerprint density at radius 2 is 2.06 bits per heavy atom. The van der Waals surface area contributed by atoms with Gasteiger partial charge in [-0.3, -0.25) is 4.72 Å². The van der Waals surface area contributed by atoms with Gasteiger partial charge in [-0.05, 0) is 31.0 Å². The van der Waals surface area contributed by atoms with E-state index in [2.05, 4.69) is 20.7 Å². The fourth-order valence-electron chi connectivity index (χ4n) is 1.38. The largest absolute Gasteiger partial charge is 0.397 e. The van der Waals surface area contributed by atoms with Crippen LogP contribution in [-0.2, 0) is 10.0 Å². The molecular formula is C10H15BrN2O2S. The van der Waals surface area contributed by atoms with E-state index in [0.717, 1.165) is 10.0 Å². The summed E-state index contributed by atoms with van der Waals surface area (Å²) in [5.41, 5.74) is 7.46. The summed E-state index contributed by atoms with van der Waals surface area (Å²) in [5.74, 6) is 0.0992. The summed E-state index contributed by atoms with van der Waals surface area (Å²) in [6.45, 7) is 3.63. The van der Waals surface area contributed by atoms with E-state index >= 15 is 0 Å². The molecule has 0 saturated carbocycles. The van der Waals surface area contributed by atoms with Crippen molar-refractivity contribution in [3.05, 3.63) is 22.2 Å². The molecule has 0 bridgehead atoms. The minimum atomic E-state index is -3.29. The van der Waals surface area contributed by atoms with Crippen LogP contribution in [0.4, 0.5) is 11.4 Å². The minimum absolute atomic E-state index is 0.0992. The molecule has 90 valence electrons. The Morgan fingerprint density at radius 3 is 2.56 bits per heavy atom. The first-order chi connectivity index (χ1) is 7.35. The van der Waals surface area contributed by atoms with Gasteiger partial charge in [0.05, 0.1) is 17.1 Å². The first-order valence-electron chi connectivity index (χ1n) is 4.92. The molecule has 0 spiro atoms. The monoisotopic (exact) mass is 306 g/mol. The Labute approximate surface area is 104 Å². The number of halogens is 1. The highest BCUT2D eigenvalue weighted by molar-refractivity contribution is 9.10. The zero-order valence-electron chi connectivity index (χ0n) is 9.25. The van der Waals surface area contributed by atoms with Crippen molar-refractivity contribution in [3.8, 4) is 0 Å². The number of aryl methyl sites for hydroxylation is 1. The predicted molar refractivity (Wildman–Crippen MR) is 71.0 cm³/mol. The third-order valence-electron chi connectivity index (χ3n) is 2.06. The van der Waals surface area contributed by atoms with Gasteiger partial charge >= 0.3 is 0 Å². The van der Waals surface area contributed by atoms with Gasteiger partial charge in [-0.15, -0.1) is 0 Å². The number of nitrogens with one attached hydrogen (secondary N) is 1. The molecule has 0 saturated heterocycles. The topological polar surface area (TPSA) is 72.2 Å². The molecule has 6 heteroatoms. The molecule has 0 heterocycles. The Morgan fingerprint density at radius 1 is 1.44 bits per heavy atom. The van der Waals surface area contributed by atoms with E-state index in [0.29, 0.717) is 17.8 Å². The second-order valence-corrected chi connectivity index (χ2v) is 6.37. The number of rotatable bonds is 4. The molecule has 0 radical (unpaired) electrons. The highest BCUT2D eigenvalue weighted by Gasteiger charge is 2.13. The van der Waals surface area contributed by atoms with Crippen LogP contribution < -0.4 is 10.5 Å². The Balaban J connectivity index is 3.07. The maximum atomic E-state index is 11.6. The van der Waals surface area contributed by atoms with Crippen molar-refractivity contribution in [1.29, 1.82) is 0 Å². The summed E-state index contributed by atoms with van der Waals surface area (Å²) in [6, 6.07) is 3.50. The molecule has 0 fully saturated rings. The predicted octanol–water partition coefficient (Wildman–Crippen LogP) is 2.49. The summed E-state index contributed by atoms with van der Waals surface area (Å²) in [6.07, 6.45) is 0.574. The molecule has 1 rings (SSSR count). The van der Waals surface area contributed by atoms with Gasteiger partial charge in [-0.2, -0.15) is 0 Å². The molecule has 4 nitrogen and oxygen atoms in total. The van der Waals surface area contributed by atoms with Gasteiger partial charge in [0.1, 0.15) is 0 Å². The van der Waals surface area contributed by atoms with Crippen molar-refractivity contribution in [2.24, 2.45) is 0 Å². The Kier molecular flexibility index (Phi) is 4.21. The van der Waals surface area contributed by atoms with Crippen molar-refractivity contribution >= 4 is 37.3 Å². The fraction of sp³-hybridized carbons (Fsp3) is 0.400. The second-order valence-electron chi connectivity index (χ2n) is 3.61.